The Balaban J connectivity index is 2.00. The molecule has 1 atom stereocenters. The van der Waals surface area contributed by atoms with E-state index in [9.17, 15) is 14.7 Å². The van der Waals surface area contributed by atoms with Crippen molar-refractivity contribution in [3.8, 4) is 0 Å². The third-order valence-electron chi connectivity index (χ3n) is 3.53. The number of carbonyl (C=O) groups excluding carboxylic acids is 1. The van der Waals surface area contributed by atoms with Crippen LogP contribution in [0, 0.1) is 5.41 Å². The zero-order valence-electron chi connectivity index (χ0n) is 10.1. The molecular formula is C10H15N5O3. The first-order valence-electron chi connectivity index (χ1n) is 5.79. The number of hydrogen-bond acceptors (Lipinski definition) is 5. The topological polar surface area (TPSA) is 101 Å². The molecule has 0 bridgehead atoms. The van der Waals surface area contributed by atoms with Crippen molar-refractivity contribution in [2.75, 3.05) is 13.1 Å². The lowest BCUT2D eigenvalue weighted by Gasteiger charge is -2.22. The van der Waals surface area contributed by atoms with Crippen molar-refractivity contribution < 1.29 is 14.7 Å². The van der Waals surface area contributed by atoms with Gasteiger partial charge in [0.2, 0.25) is 5.91 Å². The molecule has 1 aliphatic heterocycles. The van der Waals surface area contributed by atoms with Gasteiger partial charge in [-0.1, -0.05) is 6.92 Å². The summed E-state index contributed by atoms with van der Waals surface area (Å²) < 4.78 is 1.33. The molecule has 1 aromatic heterocycles. The van der Waals surface area contributed by atoms with Gasteiger partial charge in [-0.2, -0.15) is 0 Å². The lowest BCUT2D eigenvalue weighted by atomic mass is 9.84. The fourth-order valence-corrected chi connectivity index (χ4v) is 2.19. The molecule has 2 heterocycles. The fraction of sp³-hybridized carbons (Fsp3) is 0.700. The molecule has 1 N–H and O–H groups in total. The maximum absolute atomic E-state index is 12.0. The number of carboxylic acid groups (broad SMARTS) is 1. The summed E-state index contributed by atoms with van der Waals surface area (Å²) in [5.41, 5.74) is -0.795. The van der Waals surface area contributed by atoms with Crippen LogP contribution in [0.3, 0.4) is 0 Å². The quantitative estimate of drug-likeness (QED) is 0.767. The van der Waals surface area contributed by atoms with E-state index in [-0.39, 0.29) is 19.0 Å². The van der Waals surface area contributed by atoms with E-state index in [1.807, 2.05) is 6.92 Å². The van der Waals surface area contributed by atoms with Crippen molar-refractivity contribution in [2.24, 2.45) is 5.41 Å². The Morgan fingerprint density at radius 1 is 1.50 bits per heavy atom. The summed E-state index contributed by atoms with van der Waals surface area (Å²) in [6, 6.07) is 0. The molecule has 1 aromatic rings. The predicted octanol–water partition coefficient (Wildman–Crippen LogP) is -0.614. The maximum Gasteiger partial charge on any atom is 0.311 e. The van der Waals surface area contributed by atoms with Crippen LogP contribution < -0.4 is 0 Å². The molecule has 2 rings (SSSR count). The minimum atomic E-state index is -0.831. The highest BCUT2D eigenvalue weighted by molar-refractivity contribution is 5.80. The number of aliphatic carboxylic acids is 1. The van der Waals surface area contributed by atoms with Gasteiger partial charge >= 0.3 is 5.97 Å². The Morgan fingerprint density at radius 2 is 2.28 bits per heavy atom. The van der Waals surface area contributed by atoms with Gasteiger partial charge in [0, 0.05) is 13.1 Å². The zero-order chi connectivity index (χ0) is 13.2. The standard InChI is InChI=1S/C10H15N5O3/c1-2-10(9(17)18)3-4-14(6-10)8(16)5-15-7-11-12-13-15/h7H,2-6H2,1H3,(H,17,18). The Labute approximate surface area is 104 Å². The van der Waals surface area contributed by atoms with Gasteiger partial charge in [-0.15, -0.1) is 5.10 Å². The van der Waals surface area contributed by atoms with Gasteiger partial charge in [0.15, 0.2) is 0 Å². The van der Waals surface area contributed by atoms with Crippen LogP contribution in [-0.4, -0.2) is 55.2 Å². The van der Waals surface area contributed by atoms with Crippen molar-refractivity contribution in [1.29, 1.82) is 0 Å². The molecule has 1 amide bonds. The van der Waals surface area contributed by atoms with E-state index in [4.69, 9.17) is 0 Å². The molecule has 1 fully saturated rings. The monoisotopic (exact) mass is 253 g/mol. The Kier molecular flexibility index (Phi) is 3.26. The first-order valence-corrected chi connectivity index (χ1v) is 5.79. The van der Waals surface area contributed by atoms with Gasteiger partial charge in [0.1, 0.15) is 12.9 Å². The van der Waals surface area contributed by atoms with Gasteiger partial charge in [0.05, 0.1) is 5.41 Å². The third kappa shape index (κ3) is 2.18. The summed E-state index contributed by atoms with van der Waals surface area (Å²) >= 11 is 0. The largest absolute Gasteiger partial charge is 0.481 e. The molecule has 0 saturated carbocycles. The van der Waals surface area contributed by atoms with E-state index < -0.39 is 11.4 Å². The molecule has 0 radical (unpaired) electrons. The molecule has 98 valence electrons. The van der Waals surface area contributed by atoms with Gasteiger partial charge in [-0.25, -0.2) is 4.68 Å². The first-order chi connectivity index (χ1) is 8.57. The molecule has 18 heavy (non-hydrogen) atoms. The maximum atomic E-state index is 12.0. The van der Waals surface area contributed by atoms with Crippen LogP contribution in [-0.2, 0) is 16.1 Å². The fourth-order valence-electron chi connectivity index (χ4n) is 2.19. The molecule has 1 unspecified atom stereocenters. The number of likely N-dealkylation sites (tertiary alicyclic amines) is 1. The van der Waals surface area contributed by atoms with E-state index in [0.717, 1.165) is 0 Å². The van der Waals surface area contributed by atoms with E-state index in [1.165, 1.54) is 11.0 Å². The number of carbonyl (C=O) groups is 2. The number of carboxylic acids is 1. The smallest absolute Gasteiger partial charge is 0.311 e. The van der Waals surface area contributed by atoms with Gasteiger partial charge < -0.3 is 10.0 Å². The summed E-state index contributed by atoms with van der Waals surface area (Å²) in [6.07, 6.45) is 2.38. The van der Waals surface area contributed by atoms with Crippen molar-refractivity contribution in [1.82, 2.24) is 25.1 Å². The summed E-state index contributed by atoms with van der Waals surface area (Å²) in [7, 11) is 0. The number of tetrazole rings is 1. The second kappa shape index (κ2) is 4.71. The lowest BCUT2D eigenvalue weighted by Crippen LogP contribution is -2.37. The van der Waals surface area contributed by atoms with Crippen LogP contribution in [0.15, 0.2) is 6.33 Å². The number of rotatable bonds is 4. The van der Waals surface area contributed by atoms with Gasteiger partial charge in [-0.05, 0) is 23.3 Å². The molecule has 1 aliphatic rings. The highest BCUT2D eigenvalue weighted by Gasteiger charge is 2.44. The molecule has 8 nitrogen and oxygen atoms in total. The number of hydrogen-bond donors (Lipinski definition) is 1. The van der Waals surface area contributed by atoms with Gasteiger partial charge in [0.25, 0.3) is 0 Å². The van der Waals surface area contributed by atoms with E-state index in [1.54, 1.807) is 4.90 Å². The second-order valence-corrected chi connectivity index (χ2v) is 4.51. The van der Waals surface area contributed by atoms with Gasteiger partial charge in [-0.3, -0.25) is 9.59 Å². The number of aromatic nitrogens is 4. The molecular weight excluding hydrogens is 238 g/mol. The van der Waals surface area contributed by atoms with Crippen LogP contribution in [0.2, 0.25) is 0 Å². The van der Waals surface area contributed by atoms with Crippen LogP contribution in [0.4, 0.5) is 0 Å². The minimum absolute atomic E-state index is 0.0480. The summed E-state index contributed by atoms with van der Waals surface area (Å²) in [5, 5.41) is 19.7. The SMILES string of the molecule is CCC1(C(=O)O)CCN(C(=O)Cn2cnnn2)C1. The molecule has 8 heteroatoms. The van der Waals surface area contributed by atoms with Crippen molar-refractivity contribution >= 4 is 11.9 Å². The summed E-state index contributed by atoms with van der Waals surface area (Å²) in [4.78, 5) is 24.8. The van der Waals surface area contributed by atoms with Crippen molar-refractivity contribution in [3.63, 3.8) is 0 Å². The third-order valence-corrected chi connectivity index (χ3v) is 3.53. The average molecular weight is 253 g/mol. The van der Waals surface area contributed by atoms with Crippen LogP contribution >= 0.6 is 0 Å². The van der Waals surface area contributed by atoms with E-state index in [2.05, 4.69) is 15.5 Å². The summed E-state index contributed by atoms with van der Waals surface area (Å²) in [5.74, 6) is -0.985. The Bertz CT molecular complexity index is 446. The number of amides is 1. The molecule has 0 spiro atoms. The number of nitrogens with zero attached hydrogens (tertiary/aromatic N) is 5. The highest BCUT2D eigenvalue weighted by Crippen LogP contribution is 2.34. The molecule has 0 aromatic carbocycles. The Hall–Kier alpha value is -1.99. The molecule has 1 saturated heterocycles. The summed E-state index contributed by atoms with van der Waals surface area (Å²) in [6.45, 7) is 2.62. The van der Waals surface area contributed by atoms with E-state index in [0.29, 0.717) is 19.4 Å². The minimum Gasteiger partial charge on any atom is -0.481 e. The predicted molar refractivity (Wildman–Crippen MR) is 59.4 cm³/mol. The first kappa shape index (κ1) is 12.5. The zero-order valence-corrected chi connectivity index (χ0v) is 10.1. The molecule has 0 aliphatic carbocycles. The van der Waals surface area contributed by atoms with Crippen LogP contribution in [0.25, 0.3) is 0 Å². The van der Waals surface area contributed by atoms with E-state index >= 15 is 0 Å². The average Bonchev–Trinajstić information content (AvgIpc) is 2.97. The van der Waals surface area contributed by atoms with Crippen LogP contribution in [0.5, 0.6) is 0 Å². The van der Waals surface area contributed by atoms with Crippen molar-refractivity contribution in [3.05, 3.63) is 6.33 Å². The van der Waals surface area contributed by atoms with Crippen LogP contribution in [0.1, 0.15) is 19.8 Å². The highest BCUT2D eigenvalue weighted by atomic mass is 16.4. The Morgan fingerprint density at radius 3 is 2.78 bits per heavy atom. The normalized spacial score (nSPS) is 23.3. The lowest BCUT2D eigenvalue weighted by molar-refractivity contribution is -0.148. The second-order valence-electron chi connectivity index (χ2n) is 4.51. The van der Waals surface area contributed by atoms with Crippen molar-refractivity contribution in [2.45, 2.75) is 26.3 Å².